The summed E-state index contributed by atoms with van der Waals surface area (Å²) in [5.74, 6) is 1.76. The monoisotopic (exact) mass is 524 g/mol. The summed E-state index contributed by atoms with van der Waals surface area (Å²) in [5.41, 5.74) is 5.70. The van der Waals surface area contributed by atoms with E-state index in [1.54, 1.807) is 7.11 Å². The molecule has 38 heavy (non-hydrogen) atoms. The molecule has 206 valence electrons. The highest BCUT2D eigenvalue weighted by Crippen LogP contribution is 2.45. The number of hydrogen-bond donors (Lipinski definition) is 2. The van der Waals surface area contributed by atoms with Crippen molar-refractivity contribution >= 4 is 0 Å². The molecule has 0 radical (unpaired) electrons. The van der Waals surface area contributed by atoms with Crippen LogP contribution in [0.2, 0.25) is 0 Å². The van der Waals surface area contributed by atoms with Crippen LogP contribution in [0.25, 0.3) is 0 Å². The zero-order valence-corrected chi connectivity index (χ0v) is 22.2. The third kappa shape index (κ3) is 6.83. The van der Waals surface area contributed by atoms with E-state index in [4.69, 9.17) is 15.2 Å². The maximum Gasteiger partial charge on any atom is 0.274 e. The molecule has 2 aromatic rings. The number of hydrogen-bond acceptors (Lipinski definition) is 8. The van der Waals surface area contributed by atoms with Gasteiger partial charge >= 0.3 is 0 Å². The summed E-state index contributed by atoms with van der Waals surface area (Å²) in [5, 5.41) is 24.1. The minimum atomic E-state index is -1.18. The molecule has 0 aliphatic carbocycles. The van der Waals surface area contributed by atoms with E-state index in [1.165, 1.54) is 0 Å². The van der Waals surface area contributed by atoms with Crippen LogP contribution in [0.1, 0.15) is 44.1 Å². The van der Waals surface area contributed by atoms with Crippen molar-refractivity contribution in [3.63, 3.8) is 0 Å². The van der Waals surface area contributed by atoms with Gasteiger partial charge in [-0.2, -0.15) is 0 Å². The first-order valence-corrected chi connectivity index (χ1v) is 13.5. The van der Waals surface area contributed by atoms with Crippen molar-refractivity contribution in [1.82, 2.24) is 9.80 Å². The molecule has 2 aliphatic heterocycles. The maximum atomic E-state index is 12.5. The van der Waals surface area contributed by atoms with Crippen molar-refractivity contribution in [2.24, 2.45) is 11.7 Å². The number of rotatable bonds is 12. The van der Waals surface area contributed by atoms with Crippen LogP contribution in [0.15, 0.2) is 66.6 Å². The average Bonchev–Trinajstić information content (AvgIpc) is 3.36. The summed E-state index contributed by atoms with van der Waals surface area (Å²) in [6.45, 7) is 3.11. The summed E-state index contributed by atoms with van der Waals surface area (Å²) in [6, 6.07) is 17.2. The van der Waals surface area contributed by atoms with E-state index in [1.807, 2.05) is 59.5 Å². The molecule has 0 spiro atoms. The number of likely N-dealkylation sites (tertiary alicyclic amines) is 2. The highest BCUT2D eigenvalue weighted by molar-refractivity contribution is 5.42. The molecule has 9 heteroatoms. The lowest BCUT2D eigenvalue weighted by molar-refractivity contribution is -0.405. The maximum absolute atomic E-state index is 12.5. The molecule has 0 bridgehead atoms. The van der Waals surface area contributed by atoms with Gasteiger partial charge in [0.05, 0.1) is 10.5 Å². The van der Waals surface area contributed by atoms with Gasteiger partial charge in [-0.15, -0.1) is 0 Å². The van der Waals surface area contributed by atoms with E-state index in [0.29, 0.717) is 56.5 Å². The molecule has 3 unspecified atom stereocenters. The van der Waals surface area contributed by atoms with E-state index < -0.39 is 5.60 Å². The van der Waals surface area contributed by atoms with Gasteiger partial charge in [-0.25, -0.2) is 0 Å². The molecule has 3 atom stereocenters. The molecule has 0 amide bonds. The molecule has 4 rings (SSSR count). The van der Waals surface area contributed by atoms with Crippen LogP contribution >= 0.6 is 0 Å². The van der Waals surface area contributed by atoms with E-state index in [0.717, 1.165) is 43.9 Å². The number of nitro groups is 1. The van der Waals surface area contributed by atoms with Crippen LogP contribution in [-0.4, -0.2) is 65.8 Å². The van der Waals surface area contributed by atoms with Crippen LogP contribution in [0.5, 0.6) is 11.5 Å². The topological polar surface area (TPSA) is 114 Å². The Hall–Kier alpha value is -3.14. The highest BCUT2D eigenvalue weighted by atomic mass is 16.6. The van der Waals surface area contributed by atoms with Gasteiger partial charge in [0.25, 0.3) is 6.20 Å². The lowest BCUT2D eigenvalue weighted by atomic mass is 9.73. The first kappa shape index (κ1) is 27.9. The lowest BCUT2D eigenvalue weighted by Crippen LogP contribution is -2.48. The summed E-state index contributed by atoms with van der Waals surface area (Å²) in [7, 11) is 1.68. The van der Waals surface area contributed by atoms with Crippen molar-refractivity contribution in [2.45, 2.75) is 50.2 Å². The molecule has 0 saturated carbocycles. The molecule has 2 aliphatic rings. The fourth-order valence-corrected chi connectivity index (χ4v) is 5.76. The quantitative estimate of drug-likeness (QED) is 0.240. The fraction of sp³-hybridized carbons (Fsp3) is 0.517. The van der Waals surface area contributed by atoms with Crippen molar-refractivity contribution in [3.05, 3.63) is 82.3 Å². The van der Waals surface area contributed by atoms with Gasteiger partial charge in [-0.3, -0.25) is 10.1 Å². The number of piperidine rings is 1. The molecular weight excluding hydrogens is 484 g/mol. The number of nitrogens with zero attached hydrogens (tertiary/aromatic N) is 3. The van der Waals surface area contributed by atoms with Gasteiger partial charge in [-0.05, 0) is 56.7 Å². The average molecular weight is 525 g/mol. The van der Waals surface area contributed by atoms with Crippen molar-refractivity contribution in [2.75, 3.05) is 39.9 Å². The number of benzene rings is 2. The highest BCUT2D eigenvalue weighted by Gasteiger charge is 2.43. The first-order valence-electron chi connectivity index (χ1n) is 13.5. The summed E-state index contributed by atoms with van der Waals surface area (Å²) >= 11 is 0. The predicted molar refractivity (Wildman–Crippen MR) is 146 cm³/mol. The van der Waals surface area contributed by atoms with Crippen LogP contribution in [-0.2, 0) is 10.3 Å². The number of para-hydroxylation sites is 2. The molecule has 2 heterocycles. The molecule has 2 fully saturated rings. The molecule has 0 aromatic heterocycles. The van der Waals surface area contributed by atoms with E-state index in [-0.39, 0.29) is 16.9 Å². The zero-order valence-electron chi connectivity index (χ0n) is 22.2. The minimum absolute atomic E-state index is 0.00507. The third-order valence-corrected chi connectivity index (χ3v) is 7.67. The second kappa shape index (κ2) is 13.1. The van der Waals surface area contributed by atoms with Crippen molar-refractivity contribution < 1.29 is 19.5 Å². The normalized spacial score (nSPS) is 21.8. The third-order valence-electron chi connectivity index (χ3n) is 7.67. The van der Waals surface area contributed by atoms with E-state index >= 15 is 0 Å². The van der Waals surface area contributed by atoms with Crippen LogP contribution in [0.3, 0.4) is 0 Å². The Morgan fingerprint density at radius 1 is 1.11 bits per heavy atom. The first-order chi connectivity index (χ1) is 18.4. The molecule has 3 N–H and O–H groups in total. The zero-order chi connectivity index (χ0) is 27.0. The Balaban J connectivity index is 1.65. The number of unbranched alkanes of at least 4 members (excludes halogenated alkanes) is 1. The number of methoxy groups -OCH3 is 1. The predicted octanol–water partition coefficient (Wildman–Crippen LogP) is 4.30. The second-order valence-corrected chi connectivity index (χ2v) is 10.3. The van der Waals surface area contributed by atoms with Gasteiger partial charge in [-0.1, -0.05) is 36.4 Å². The summed E-state index contributed by atoms with van der Waals surface area (Å²) in [4.78, 5) is 15.3. The Morgan fingerprint density at radius 3 is 2.55 bits per heavy atom. The largest absolute Gasteiger partial charge is 0.457 e. The number of aliphatic hydroxyl groups is 1. The Labute approximate surface area is 225 Å². The van der Waals surface area contributed by atoms with Crippen LogP contribution < -0.4 is 10.5 Å². The van der Waals surface area contributed by atoms with Gasteiger partial charge in [0.15, 0.2) is 5.82 Å². The van der Waals surface area contributed by atoms with E-state index in [2.05, 4.69) is 4.90 Å². The van der Waals surface area contributed by atoms with Gasteiger partial charge in [0, 0.05) is 57.4 Å². The number of ether oxygens (including phenoxy) is 2. The minimum Gasteiger partial charge on any atom is -0.457 e. The van der Waals surface area contributed by atoms with Gasteiger partial charge < -0.3 is 30.1 Å². The Bertz CT molecular complexity index is 1080. The summed E-state index contributed by atoms with van der Waals surface area (Å²) in [6.07, 6.45) is 5.68. The molecule has 2 saturated heterocycles. The van der Waals surface area contributed by atoms with Crippen LogP contribution in [0, 0.1) is 16.0 Å². The van der Waals surface area contributed by atoms with Crippen LogP contribution in [0.4, 0.5) is 0 Å². The Kier molecular flexibility index (Phi) is 9.60. The summed E-state index contributed by atoms with van der Waals surface area (Å²) < 4.78 is 11.5. The van der Waals surface area contributed by atoms with E-state index in [9.17, 15) is 15.2 Å². The molecular formula is C29H40N4O5. The lowest BCUT2D eigenvalue weighted by Gasteiger charge is -2.45. The van der Waals surface area contributed by atoms with Crippen molar-refractivity contribution in [3.8, 4) is 11.5 Å². The van der Waals surface area contributed by atoms with Gasteiger partial charge in [0.2, 0.25) is 0 Å². The number of nitrogens with two attached hydrogens (primary N) is 1. The fourth-order valence-electron chi connectivity index (χ4n) is 5.76. The standard InChI is InChI=1S/C29H40N4O5/c1-37-19-8-7-16-29(34,26-13-5-6-14-27(26)38-25-11-3-2-4-12-25)23-10-9-17-31(20-23)28(22-33(35)36)32-18-15-24(30)21-32/h2-6,11-14,22-24,34H,7-10,15-21,30H2,1H3. The smallest absolute Gasteiger partial charge is 0.274 e. The SMILES string of the molecule is COCCCCC(O)(c1ccccc1Oc1ccccc1)C1CCCN(C(=C[N+](=O)[O-])N2CCC(N)C2)C1. The molecule has 9 nitrogen and oxygen atoms in total. The molecule has 2 aromatic carbocycles. The second-order valence-electron chi connectivity index (χ2n) is 10.3. The van der Waals surface area contributed by atoms with Gasteiger partial charge in [0.1, 0.15) is 11.5 Å². The Morgan fingerprint density at radius 2 is 1.84 bits per heavy atom. The van der Waals surface area contributed by atoms with Crippen molar-refractivity contribution in [1.29, 1.82) is 0 Å².